The van der Waals surface area contributed by atoms with Crippen molar-refractivity contribution in [2.75, 3.05) is 26.5 Å². The second kappa shape index (κ2) is 6.45. The maximum absolute atomic E-state index is 13.2. The van der Waals surface area contributed by atoms with Gasteiger partial charge in [0, 0.05) is 19.3 Å². The van der Waals surface area contributed by atoms with Crippen LogP contribution in [0.15, 0.2) is 46.2 Å². The molecule has 0 atom stereocenters. The quantitative estimate of drug-likeness (QED) is 0.750. The lowest BCUT2D eigenvalue weighted by Gasteiger charge is -2.10. The van der Waals surface area contributed by atoms with E-state index in [1.165, 1.54) is 0 Å². The normalized spacial score (nSPS) is 12.0. The van der Waals surface area contributed by atoms with Crippen molar-refractivity contribution >= 4 is 21.3 Å². The summed E-state index contributed by atoms with van der Waals surface area (Å²) in [6.07, 6.45) is 0. The second-order valence-corrected chi connectivity index (χ2v) is 7.99. The predicted octanol–water partition coefficient (Wildman–Crippen LogP) is 1.97. The molecule has 2 heterocycles. The van der Waals surface area contributed by atoms with Crippen LogP contribution in [0.2, 0.25) is 0 Å². The number of aromatic nitrogens is 3. The molecule has 0 radical (unpaired) electrons. The van der Waals surface area contributed by atoms with E-state index in [0.29, 0.717) is 18.0 Å². The third-order valence-electron chi connectivity index (χ3n) is 3.82. The van der Waals surface area contributed by atoms with Crippen molar-refractivity contribution in [1.29, 1.82) is 0 Å². The Kier molecular flexibility index (Phi) is 4.49. The van der Waals surface area contributed by atoms with E-state index in [2.05, 4.69) is 15.4 Å². The average molecular weight is 359 g/mol. The smallest absolute Gasteiger partial charge is 0.214 e. The molecular weight excluding hydrogens is 338 g/mol. The SMILES string of the molecule is CNc1nn2c(C)cc(CN(C)C)nc2c1S(=O)(=O)c1ccccc1. The van der Waals surface area contributed by atoms with Crippen molar-refractivity contribution < 1.29 is 8.42 Å². The van der Waals surface area contributed by atoms with Crippen LogP contribution in [-0.4, -0.2) is 49.1 Å². The number of hydrogen-bond donors (Lipinski definition) is 1. The lowest BCUT2D eigenvalue weighted by atomic mass is 10.3. The summed E-state index contributed by atoms with van der Waals surface area (Å²) in [4.78, 5) is 6.88. The van der Waals surface area contributed by atoms with Crippen molar-refractivity contribution in [2.24, 2.45) is 0 Å². The van der Waals surface area contributed by atoms with Crippen LogP contribution in [0, 0.1) is 6.92 Å². The highest BCUT2D eigenvalue weighted by atomic mass is 32.2. The molecule has 0 aliphatic heterocycles. The van der Waals surface area contributed by atoms with Crippen molar-refractivity contribution in [2.45, 2.75) is 23.3 Å². The minimum atomic E-state index is -3.75. The Labute approximate surface area is 147 Å². The molecule has 0 aliphatic carbocycles. The molecule has 0 aliphatic rings. The molecule has 1 aromatic carbocycles. The van der Waals surface area contributed by atoms with Gasteiger partial charge in [-0.05, 0) is 39.2 Å². The number of aryl methyl sites for hydroxylation is 1. The van der Waals surface area contributed by atoms with E-state index in [1.807, 2.05) is 32.0 Å². The Morgan fingerprint density at radius 2 is 1.88 bits per heavy atom. The summed E-state index contributed by atoms with van der Waals surface area (Å²) in [7, 11) is 1.79. The Hall–Kier alpha value is -2.45. The van der Waals surface area contributed by atoms with Crippen molar-refractivity contribution in [3.63, 3.8) is 0 Å². The zero-order valence-corrected chi connectivity index (χ0v) is 15.5. The number of nitrogens with zero attached hydrogens (tertiary/aromatic N) is 4. The number of rotatable bonds is 5. The molecule has 0 saturated carbocycles. The van der Waals surface area contributed by atoms with Crippen molar-refractivity contribution in [3.05, 3.63) is 47.8 Å². The van der Waals surface area contributed by atoms with Crippen LogP contribution >= 0.6 is 0 Å². The van der Waals surface area contributed by atoms with Crippen LogP contribution in [0.3, 0.4) is 0 Å². The van der Waals surface area contributed by atoms with E-state index >= 15 is 0 Å². The Morgan fingerprint density at radius 1 is 1.20 bits per heavy atom. The van der Waals surface area contributed by atoms with Gasteiger partial charge in [-0.15, -0.1) is 5.10 Å². The molecular formula is C17H21N5O2S. The standard InChI is InChI=1S/C17H21N5O2S/c1-12-10-13(11-21(3)4)19-17-15(16(18-2)20-22(12)17)25(23,24)14-8-6-5-7-9-14/h5-10H,11H2,1-4H3,(H,18,20). The Balaban J connectivity index is 2.31. The van der Waals surface area contributed by atoms with E-state index in [-0.39, 0.29) is 9.79 Å². The lowest BCUT2D eigenvalue weighted by Crippen LogP contribution is -2.13. The van der Waals surface area contributed by atoms with Gasteiger partial charge in [-0.25, -0.2) is 17.9 Å². The summed E-state index contributed by atoms with van der Waals surface area (Å²) < 4.78 is 27.9. The molecule has 1 N–H and O–H groups in total. The Bertz CT molecular complexity index is 1010. The van der Waals surface area contributed by atoms with Crippen molar-refractivity contribution in [3.8, 4) is 0 Å². The van der Waals surface area contributed by atoms with Gasteiger partial charge < -0.3 is 10.2 Å². The highest BCUT2D eigenvalue weighted by Crippen LogP contribution is 2.31. The zero-order chi connectivity index (χ0) is 18.2. The first kappa shape index (κ1) is 17.4. The zero-order valence-electron chi connectivity index (χ0n) is 14.7. The maximum atomic E-state index is 13.2. The summed E-state index contributed by atoms with van der Waals surface area (Å²) in [6, 6.07) is 10.3. The summed E-state index contributed by atoms with van der Waals surface area (Å²) >= 11 is 0. The summed E-state index contributed by atoms with van der Waals surface area (Å²) in [6.45, 7) is 2.50. The number of anilines is 1. The molecule has 0 amide bonds. The van der Waals surface area contributed by atoms with Gasteiger partial charge in [-0.2, -0.15) is 0 Å². The maximum Gasteiger partial charge on any atom is 0.214 e. The molecule has 0 spiro atoms. The van der Waals surface area contributed by atoms with E-state index in [1.54, 1.807) is 41.9 Å². The number of fused-ring (bicyclic) bond motifs is 1. The van der Waals surface area contributed by atoms with Crippen LogP contribution in [0.5, 0.6) is 0 Å². The molecule has 8 heteroatoms. The van der Waals surface area contributed by atoms with E-state index in [0.717, 1.165) is 11.4 Å². The number of nitrogens with one attached hydrogen (secondary N) is 1. The molecule has 0 bridgehead atoms. The summed E-state index contributed by atoms with van der Waals surface area (Å²) in [5, 5.41) is 7.28. The second-order valence-electron chi connectivity index (χ2n) is 6.11. The van der Waals surface area contributed by atoms with E-state index in [4.69, 9.17) is 0 Å². The molecule has 3 rings (SSSR count). The number of benzene rings is 1. The fourth-order valence-corrected chi connectivity index (χ4v) is 4.26. The van der Waals surface area contributed by atoms with Crippen molar-refractivity contribution in [1.82, 2.24) is 19.5 Å². The van der Waals surface area contributed by atoms with Crippen LogP contribution in [-0.2, 0) is 16.4 Å². The van der Waals surface area contributed by atoms with Gasteiger partial charge >= 0.3 is 0 Å². The van der Waals surface area contributed by atoms with E-state index in [9.17, 15) is 8.42 Å². The average Bonchev–Trinajstić information content (AvgIpc) is 2.95. The minimum Gasteiger partial charge on any atom is -0.370 e. The summed E-state index contributed by atoms with van der Waals surface area (Å²) in [5.74, 6) is 0.293. The number of sulfone groups is 1. The minimum absolute atomic E-state index is 0.102. The first-order valence-electron chi connectivity index (χ1n) is 7.86. The first-order valence-corrected chi connectivity index (χ1v) is 9.35. The van der Waals surface area contributed by atoms with Gasteiger partial charge in [0.05, 0.1) is 10.6 Å². The molecule has 7 nitrogen and oxygen atoms in total. The van der Waals surface area contributed by atoms with Gasteiger partial charge in [-0.1, -0.05) is 18.2 Å². The van der Waals surface area contributed by atoms with Gasteiger partial charge in [-0.3, -0.25) is 0 Å². The number of hydrogen-bond acceptors (Lipinski definition) is 6. The molecule has 0 unspecified atom stereocenters. The first-order chi connectivity index (χ1) is 11.8. The van der Waals surface area contributed by atoms with Gasteiger partial charge in [0.15, 0.2) is 16.4 Å². The monoisotopic (exact) mass is 359 g/mol. The molecule has 3 aromatic rings. The molecule has 0 saturated heterocycles. The van der Waals surface area contributed by atoms with Crippen LogP contribution in [0.4, 0.5) is 5.82 Å². The van der Waals surface area contributed by atoms with E-state index < -0.39 is 9.84 Å². The third kappa shape index (κ3) is 3.10. The highest BCUT2D eigenvalue weighted by Gasteiger charge is 2.29. The summed E-state index contributed by atoms with van der Waals surface area (Å²) in [5.41, 5.74) is 1.96. The fourth-order valence-electron chi connectivity index (χ4n) is 2.74. The lowest BCUT2D eigenvalue weighted by molar-refractivity contribution is 0.396. The van der Waals surface area contributed by atoms with Gasteiger partial charge in [0.25, 0.3) is 0 Å². The van der Waals surface area contributed by atoms with Crippen LogP contribution in [0.1, 0.15) is 11.4 Å². The van der Waals surface area contributed by atoms with Crippen LogP contribution in [0.25, 0.3) is 5.65 Å². The highest BCUT2D eigenvalue weighted by molar-refractivity contribution is 7.91. The topological polar surface area (TPSA) is 79.6 Å². The molecule has 132 valence electrons. The fraction of sp³-hybridized carbons (Fsp3) is 0.294. The van der Waals surface area contributed by atoms with Gasteiger partial charge in [0.1, 0.15) is 0 Å². The largest absolute Gasteiger partial charge is 0.370 e. The Morgan fingerprint density at radius 3 is 2.48 bits per heavy atom. The predicted molar refractivity (Wildman–Crippen MR) is 96.6 cm³/mol. The molecule has 2 aromatic heterocycles. The van der Waals surface area contributed by atoms with Gasteiger partial charge in [0.2, 0.25) is 9.84 Å². The molecule has 25 heavy (non-hydrogen) atoms. The third-order valence-corrected chi connectivity index (χ3v) is 5.62. The van der Waals surface area contributed by atoms with Crippen LogP contribution < -0.4 is 5.32 Å². The molecule has 0 fully saturated rings.